The third-order valence-corrected chi connectivity index (χ3v) is 2.68. The topological polar surface area (TPSA) is 3.24 Å². The van der Waals surface area contributed by atoms with Gasteiger partial charge in [-0.25, -0.2) is 0 Å². The molecule has 60 valence electrons. The van der Waals surface area contributed by atoms with E-state index in [-0.39, 0.29) is 0 Å². The highest BCUT2D eigenvalue weighted by Gasteiger charge is 2.20. The molecule has 1 saturated carbocycles. The Bertz CT molecular complexity index is 91.3. The molecular weight excluding hydrogens is 142 g/mol. The van der Waals surface area contributed by atoms with Gasteiger partial charge in [0.05, 0.1) is 0 Å². The molecular formula is C8H17NS. The predicted octanol–water partition coefficient (Wildman–Crippen LogP) is 1.79. The molecule has 0 aromatic heterocycles. The summed E-state index contributed by atoms with van der Waals surface area (Å²) >= 11 is 4.18. The Kier molecular flexibility index (Phi) is 3.57. The Hall–Kier alpha value is 0.310. The van der Waals surface area contributed by atoms with E-state index >= 15 is 0 Å². The van der Waals surface area contributed by atoms with E-state index in [1.54, 1.807) is 0 Å². The van der Waals surface area contributed by atoms with E-state index in [0.29, 0.717) is 0 Å². The normalized spacial score (nSPS) is 19.5. The molecule has 10 heavy (non-hydrogen) atoms. The van der Waals surface area contributed by atoms with Gasteiger partial charge < -0.3 is 4.90 Å². The summed E-state index contributed by atoms with van der Waals surface area (Å²) in [5.74, 6) is 1.02. The molecule has 2 heteroatoms. The number of hydrogen-bond acceptors (Lipinski definition) is 2. The Morgan fingerprint density at radius 3 is 2.60 bits per heavy atom. The minimum atomic E-state index is 0.903. The van der Waals surface area contributed by atoms with Gasteiger partial charge in [0.2, 0.25) is 0 Å². The zero-order valence-electron chi connectivity index (χ0n) is 6.71. The van der Waals surface area contributed by atoms with E-state index < -0.39 is 0 Å². The molecule has 0 bridgehead atoms. The van der Waals surface area contributed by atoms with Crippen LogP contribution in [0.25, 0.3) is 0 Å². The molecule has 0 N–H and O–H groups in total. The minimum Gasteiger partial charge on any atom is -0.303 e. The van der Waals surface area contributed by atoms with E-state index in [1.807, 2.05) is 0 Å². The lowest BCUT2D eigenvalue weighted by atomic mass is 9.92. The second-order valence-corrected chi connectivity index (χ2v) is 3.59. The lowest BCUT2D eigenvalue weighted by Gasteiger charge is -2.34. The van der Waals surface area contributed by atoms with Gasteiger partial charge in [0.15, 0.2) is 0 Å². The Labute approximate surface area is 69.2 Å². The van der Waals surface area contributed by atoms with Crippen molar-refractivity contribution in [3.05, 3.63) is 0 Å². The smallest absolute Gasteiger partial charge is 0.00922 e. The van der Waals surface area contributed by atoms with Crippen LogP contribution in [-0.2, 0) is 0 Å². The van der Waals surface area contributed by atoms with Gasteiger partial charge in [-0.1, -0.05) is 6.42 Å². The van der Waals surface area contributed by atoms with Gasteiger partial charge in [-0.3, -0.25) is 0 Å². The molecule has 0 saturated heterocycles. The summed E-state index contributed by atoms with van der Waals surface area (Å²) in [7, 11) is 2.23. The standard InChI is InChI=1S/C8H17NS/c1-9(6-3-7-10)8-4-2-5-8/h8,10H,2-7H2,1H3. The molecule has 0 heterocycles. The fourth-order valence-electron chi connectivity index (χ4n) is 1.33. The van der Waals surface area contributed by atoms with Crippen LogP contribution in [0.1, 0.15) is 25.7 Å². The van der Waals surface area contributed by atoms with Gasteiger partial charge in [0.25, 0.3) is 0 Å². The molecule has 1 nitrogen and oxygen atoms in total. The largest absolute Gasteiger partial charge is 0.303 e. The van der Waals surface area contributed by atoms with E-state index in [1.165, 1.54) is 32.2 Å². The molecule has 1 rings (SSSR count). The van der Waals surface area contributed by atoms with Crippen molar-refractivity contribution in [1.82, 2.24) is 4.90 Å². The Balaban J connectivity index is 2.02. The van der Waals surface area contributed by atoms with Crippen molar-refractivity contribution in [3.63, 3.8) is 0 Å². The van der Waals surface area contributed by atoms with Gasteiger partial charge in [0, 0.05) is 6.04 Å². The van der Waals surface area contributed by atoms with Crippen LogP contribution in [0.4, 0.5) is 0 Å². The first kappa shape index (κ1) is 8.41. The first-order chi connectivity index (χ1) is 4.84. The van der Waals surface area contributed by atoms with Gasteiger partial charge >= 0.3 is 0 Å². The lowest BCUT2D eigenvalue weighted by Crippen LogP contribution is -2.37. The number of thiol groups is 1. The van der Waals surface area contributed by atoms with Crippen LogP contribution in [0, 0.1) is 0 Å². The zero-order chi connectivity index (χ0) is 7.40. The van der Waals surface area contributed by atoms with Crippen LogP contribution in [0.2, 0.25) is 0 Å². The molecule has 0 aliphatic heterocycles. The lowest BCUT2D eigenvalue weighted by molar-refractivity contribution is 0.160. The molecule has 0 aromatic rings. The molecule has 0 amide bonds. The molecule has 0 atom stereocenters. The van der Waals surface area contributed by atoms with Gasteiger partial charge in [-0.05, 0) is 38.6 Å². The Morgan fingerprint density at radius 1 is 1.50 bits per heavy atom. The maximum atomic E-state index is 4.18. The summed E-state index contributed by atoms with van der Waals surface area (Å²) < 4.78 is 0. The van der Waals surface area contributed by atoms with Crippen LogP contribution in [0.15, 0.2) is 0 Å². The maximum Gasteiger partial charge on any atom is 0.00922 e. The molecule has 0 unspecified atom stereocenters. The van der Waals surface area contributed by atoms with Crippen LogP contribution in [0.5, 0.6) is 0 Å². The van der Waals surface area contributed by atoms with Crippen molar-refractivity contribution in [2.24, 2.45) is 0 Å². The molecule has 0 aromatic carbocycles. The van der Waals surface area contributed by atoms with Crippen molar-refractivity contribution in [3.8, 4) is 0 Å². The average molecular weight is 159 g/mol. The van der Waals surface area contributed by atoms with Crippen molar-refractivity contribution in [2.75, 3.05) is 19.3 Å². The third kappa shape index (κ3) is 2.17. The second kappa shape index (κ2) is 4.24. The third-order valence-electron chi connectivity index (χ3n) is 2.37. The van der Waals surface area contributed by atoms with Gasteiger partial charge in [-0.2, -0.15) is 12.6 Å². The monoisotopic (exact) mass is 159 g/mol. The number of nitrogens with zero attached hydrogens (tertiary/aromatic N) is 1. The fourth-order valence-corrected chi connectivity index (χ4v) is 1.47. The van der Waals surface area contributed by atoms with E-state index in [4.69, 9.17) is 0 Å². The minimum absolute atomic E-state index is 0.903. The van der Waals surface area contributed by atoms with E-state index in [9.17, 15) is 0 Å². The average Bonchev–Trinajstić information content (AvgIpc) is 1.79. The molecule has 1 fully saturated rings. The van der Waals surface area contributed by atoms with Crippen molar-refractivity contribution >= 4 is 12.6 Å². The SMILES string of the molecule is CN(CCCS)C1CCC1. The molecule has 1 aliphatic carbocycles. The molecule has 0 spiro atoms. The zero-order valence-corrected chi connectivity index (χ0v) is 7.61. The number of hydrogen-bond donors (Lipinski definition) is 1. The van der Waals surface area contributed by atoms with Crippen LogP contribution in [0.3, 0.4) is 0 Å². The summed E-state index contributed by atoms with van der Waals surface area (Å²) in [4.78, 5) is 2.47. The summed E-state index contributed by atoms with van der Waals surface area (Å²) in [6, 6.07) is 0.903. The number of rotatable bonds is 4. The quantitative estimate of drug-likeness (QED) is 0.612. The van der Waals surface area contributed by atoms with Crippen LogP contribution >= 0.6 is 12.6 Å². The van der Waals surface area contributed by atoms with Gasteiger partial charge in [0.1, 0.15) is 0 Å². The van der Waals surface area contributed by atoms with E-state index in [0.717, 1.165) is 11.8 Å². The first-order valence-corrected chi connectivity index (χ1v) is 4.79. The summed E-state index contributed by atoms with van der Waals surface area (Å²) in [6.07, 6.45) is 5.51. The van der Waals surface area contributed by atoms with Crippen molar-refractivity contribution < 1.29 is 0 Å². The first-order valence-electron chi connectivity index (χ1n) is 4.15. The fraction of sp³-hybridized carbons (Fsp3) is 1.00. The Morgan fingerprint density at radius 2 is 2.20 bits per heavy atom. The van der Waals surface area contributed by atoms with Crippen LogP contribution < -0.4 is 0 Å². The van der Waals surface area contributed by atoms with Gasteiger partial charge in [-0.15, -0.1) is 0 Å². The van der Waals surface area contributed by atoms with E-state index in [2.05, 4.69) is 24.6 Å². The molecule has 0 radical (unpaired) electrons. The maximum absolute atomic E-state index is 4.18. The second-order valence-electron chi connectivity index (χ2n) is 3.14. The molecule has 1 aliphatic rings. The predicted molar refractivity (Wildman–Crippen MR) is 48.7 cm³/mol. The summed E-state index contributed by atoms with van der Waals surface area (Å²) in [6.45, 7) is 1.23. The summed E-state index contributed by atoms with van der Waals surface area (Å²) in [5.41, 5.74) is 0. The van der Waals surface area contributed by atoms with Crippen LogP contribution in [-0.4, -0.2) is 30.3 Å². The van der Waals surface area contributed by atoms with Crippen molar-refractivity contribution in [1.29, 1.82) is 0 Å². The highest BCUT2D eigenvalue weighted by molar-refractivity contribution is 7.80. The van der Waals surface area contributed by atoms with Crippen molar-refractivity contribution in [2.45, 2.75) is 31.7 Å². The highest BCUT2D eigenvalue weighted by atomic mass is 32.1. The highest BCUT2D eigenvalue weighted by Crippen LogP contribution is 2.23. The summed E-state index contributed by atoms with van der Waals surface area (Å²) in [5, 5.41) is 0.